The lowest BCUT2D eigenvalue weighted by atomic mass is 10.2. The second kappa shape index (κ2) is 4.49. The van der Waals surface area contributed by atoms with E-state index in [4.69, 9.17) is 13.7 Å². The van der Waals surface area contributed by atoms with Gasteiger partial charge in [0, 0.05) is 5.56 Å². The highest BCUT2D eigenvalue weighted by atomic mass is 16.5. The quantitative estimate of drug-likeness (QED) is 0.777. The highest BCUT2D eigenvalue weighted by Gasteiger charge is 2.13. The number of phenols is 1. The van der Waals surface area contributed by atoms with Gasteiger partial charge in [-0.2, -0.15) is 4.98 Å². The number of aromatic nitrogens is 2. The average Bonchev–Trinajstić information content (AvgIpc) is 3.10. The highest BCUT2D eigenvalue weighted by Crippen LogP contribution is 2.31. The van der Waals surface area contributed by atoms with Gasteiger partial charge in [0.1, 0.15) is 6.26 Å². The highest BCUT2D eigenvalue weighted by molar-refractivity contribution is 5.62. The maximum absolute atomic E-state index is 9.53. The molecule has 1 aromatic carbocycles. The fourth-order valence-corrected chi connectivity index (χ4v) is 1.66. The Kier molecular flexibility index (Phi) is 2.68. The van der Waals surface area contributed by atoms with Crippen LogP contribution in [0.4, 0.5) is 0 Å². The maximum atomic E-state index is 9.53. The van der Waals surface area contributed by atoms with E-state index in [-0.39, 0.29) is 5.75 Å². The van der Waals surface area contributed by atoms with Crippen molar-refractivity contribution in [3.05, 3.63) is 36.8 Å². The second-order valence-corrected chi connectivity index (χ2v) is 3.82. The summed E-state index contributed by atoms with van der Waals surface area (Å²) in [4.78, 5) is 4.25. The lowest BCUT2D eigenvalue weighted by Gasteiger charge is -2.03. The van der Waals surface area contributed by atoms with Crippen molar-refractivity contribution in [3.63, 3.8) is 0 Å². The van der Waals surface area contributed by atoms with Crippen LogP contribution in [0.2, 0.25) is 0 Å². The molecule has 0 bridgehead atoms. The van der Waals surface area contributed by atoms with Crippen LogP contribution in [0.25, 0.3) is 22.8 Å². The summed E-state index contributed by atoms with van der Waals surface area (Å²) >= 11 is 0. The molecule has 96 valence electrons. The summed E-state index contributed by atoms with van der Waals surface area (Å²) in [6, 6.07) is 6.55. The number of phenolic OH excluding ortho intramolecular Hbond substituents is 1. The molecule has 0 amide bonds. The van der Waals surface area contributed by atoms with Crippen LogP contribution in [0.15, 0.2) is 45.7 Å². The van der Waals surface area contributed by atoms with Crippen molar-refractivity contribution in [2.24, 2.45) is 0 Å². The molecule has 2 heterocycles. The van der Waals surface area contributed by atoms with E-state index in [1.54, 1.807) is 18.2 Å². The summed E-state index contributed by atoms with van der Waals surface area (Å²) in [5, 5.41) is 13.4. The lowest BCUT2D eigenvalue weighted by Crippen LogP contribution is -1.85. The number of ether oxygens (including phenoxy) is 1. The van der Waals surface area contributed by atoms with E-state index in [0.29, 0.717) is 23.0 Å². The summed E-state index contributed by atoms with van der Waals surface area (Å²) in [6.45, 7) is 0. The molecule has 2 aromatic heterocycles. The molecule has 1 N–H and O–H groups in total. The Labute approximate surface area is 108 Å². The third-order valence-corrected chi connectivity index (χ3v) is 2.63. The van der Waals surface area contributed by atoms with Gasteiger partial charge in [-0.3, -0.25) is 0 Å². The van der Waals surface area contributed by atoms with Crippen molar-refractivity contribution in [2.75, 3.05) is 7.11 Å². The summed E-state index contributed by atoms with van der Waals surface area (Å²) in [5.74, 6) is 1.19. The normalized spacial score (nSPS) is 10.6. The molecule has 0 atom stereocenters. The number of nitrogens with zero attached hydrogens (tertiary/aromatic N) is 2. The molecule has 0 radical (unpaired) electrons. The van der Waals surface area contributed by atoms with Crippen molar-refractivity contribution in [1.29, 1.82) is 0 Å². The molecule has 3 aromatic rings. The van der Waals surface area contributed by atoms with Crippen LogP contribution in [0, 0.1) is 0 Å². The Balaban J connectivity index is 1.99. The van der Waals surface area contributed by atoms with Crippen LogP contribution in [-0.4, -0.2) is 22.4 Å². The monoisotopic (exact) mass is 258 g/mol. The standard InChI is InChI=1S/C13H10N2O4/c1-17-11-6-8(2-3-10(11)16)13-14-12(15-19-13)9-4-5-18-7-9/h2-7,16H,1H3. The van der Waals surface area contributed by atoms with Crippen LogP contribution < -0.4 is 4.74 Å². The molecule has 0 saturated heterocycles. The minimum Gasteiger partial charge on any atom is -0.504 e. The predicted molar refractivity (Wildman–Crippen MR) is 65.7 cm³/mol. The molecular weight excluding hydrogens is 248 g/mol. The van der Waals surface area contributed by atoms with Gasteiger partial charge in [0.25, 0.3) is 5.89 Å². The number of furan rings is 1. The van der Waals surface area contributed by atoms with E-state index in [2.05, 4.69) is 10.1 Å². The second-order valence-electron chi connectivity index (χ2n) is 3.82. The number of benzene rings is 1. The number of rotatable bonds is 3. The Morgan fingerprint density at radius 3 is 2.84 bits per heavy atom. The van der Waals surface area contributed by atoms with Crippen molar-refractivity contribution >= 4 is 0 Å². The number of aromatic hydroxyl groups is 1. The Bertz CT molecular complexity index is 688. The van der Waals surface area contributed by atoms with E-state index in [1.165, 1.54) is 25.7 Å². The van der Waals surface area contributed by atoms with E-state index in [0.717, 1.165) is 5.56 Å². The first-order valence-corrected chi connectivity index (χ1v) is 5.51. The third kappa shape index (κ3) is 2.03. The third-order valence-electron chi connectivity index (χ3n) is 2.63. The molecule has 0 aliphatic rings. The molecule has 0 unspecified atom stereocenters. The molecule has 0 aliphatic carbocycles. The Morgan fingerprint density at radius 2 is 2.11 bits per heavy atom. The van der Waals surface area contributed by atoms with Crippen molar-refractivity contribution < 1.29 is 18.8 Å². The molecule has 0 saturated carbocycles. The molecule has 0 fully saturated rings. The molecule has 0 spiro atoms. The number of hydrogen-bond acceptors (Lipinski definition) is 6. The molecule has 19 heavy (non-hydrogen) atoms. The largest absolute Gasteiger partial charge is 0.504 e. The zero-order valence-corrected chi connectivity index (χ0v) is 10.0. The van der Waals surface area contributed by atoms with E-state index in [9.17, 15) is 5.11 Å². The van der Waals surface area contributed by atoms with Gasteiger partial charge < -0.3 is 18.8 Å². The van der Waals surface area contributed by atoms with Crippen LogP contribution in [0.1, 0.15) is 0 Å². The van der Waals surface area contributed by atoms with E-state index < -0.39 is 0 Å². The summed E-state index contributed by atoms with van der Waals surface area (Å²) in [6.07, 6.45) is 3.07. The number of hydrogen-bond donors (Lipinski definition) is 1. The van der Waals surface area contributed by atoms with Gasteiger partial charge in [0.05, 0.1) is 18.9 Å². The van der Waals surface area contributed by atoms with Gasteiger partial charge in [-0.15, -0.1) is 0 Å². The predicted octanol–water partition coefficient (Wildman–Crippen LogP) is 2.71. The number of methoxy groups -OCH3 is 1. The minimum atomic E-state index is 0.0563. The van der Waals surface area contributed by atoms with Crippen molar-refractivity contribution in [2.45, 2.75) is 0 Å². The average molecular weight is 258 g/mol. The summed E-state index contributed by atoms with van der Waals surface area (Å²) < 4.78 is 15.2. The Morgan fingerprint density at radius 1 is 1.21 bits per heavy atom. The zero-order valence-electron chi connectivity index (χ0n) is 10.0. The van der Waals surface area contributed by atoms with Gasteiger partial charge >= 0.3 is 0 Å². The molecule has 6 nitrogen and oxygen atoms in total. The van der Waals surface area contributed by atoms with Crippen LogP contribution in [0.3, 0.4) is 0 Å². The van der Waals surface area contributed by atoms with Crippen molar-refractivity contribution in [1.82, 2.24) is 10.1 Å². The minimum absolute atomic E-state index is 0.0563. The first-order valence-electron chi connectivity index (χ1n) is 5.51. The maximum Gasteiger partial charge on any atom is 0.258 e. The van der Waals surface area contributed by atoms with Gasteiger partial charge in [-0.25, -0.2) is 0 Å². The van der Waals surface area contributed by atoms with Crippen LogP contribution in [-0.2, 0) is 0 Å². The fraction of sp³-hybridized carbons (Fsp3) is 0.0769. The first-order chi connectivity index (χ1) is 9.28. The smallest absolute Gasteiger partial charge is 0.258 e. The summed E-state index contributed by atoms with van der Waals surface area (Å²) in [7, 11) is 1.48. The van der Waals surface area contributed by atoms with Gasteiger partial charge in [-0.1, -0.05) is 5.16 Å². The first kappa shape index (κ1) is 11.3. The van der Waals surface area contributed by atoms with Gasteiger partial charge in [-0.05, 0) is 24.3 Å². The Hall–Kier alpha value is -2.76. The molecule has 3 rings (SSSR count). The fourth-order valence-electron chi connectivity index (χ4n) is 1.66. The lowest BCUT2D eigenvalue weighted by molar-refractivity contribution is 0.373. The molecule has 0 aliphatic heterocycles. The SMILES string of the molecule is COc1cc(-c2nc(-c3ccoc3)no2)ccc1O. The van der Waals surface area contributed by atoms with Crippen LogP contribution in [0.5, 0.6) is 11.5 Å². The molecular formula is C13H10N2O4. The van der Waals surface area contributed by atoms with Crippen LogP contribution >= 0.6 is 0 Å². The summed E-state index contributed by atoms with van der Waals surface area (Å²) in [5.41, 5.74) is 1.40. The zero-order chi connectivity index (χ0) is 13.2. The van der Waals surface area contributed by atoms with Crippen molar-refractivity contribution in [3.8, 4) is 34.3 Å². The van der Waals surface area contributed by atoms with E-state index in [1.807, 2.05) is 0 Å². The van der Waals surface area contributed by atoms with Gasteiger partial charge in [0.15, 0.2) is 11.5 Å². The molecule has 6 heteroatoms. The topological polar surface area (TPSA) is 81.5 Å². The van der Waals surface area contributed by atoms with Gasteiger partial charge in [0.2, 0.25) is 5.82 Å². The van der Waals surface area contributed by atoms with E-state index >= 15 is 0 Å².